The highest BCUT2D eigenvalue weighted by Gasteiger charge is 2.18. The third-order valence-electron chi connectivity index (χ3n) is 4.61. The van der Waals surface area contributed by atoms with Gasteiger partial charge in [0.05, 0.1) is 16.9 Å². The number of fused-ring (bicyclic) bond motifs is 1. The molecule has 0 spiro atoms. The van der Waals surface area contributed by atoms with Gasteiger partial charge in [0, 0.05) is 26.3 Å². The largest absolute Gasteiger partial charge is 0.341 e. The van der Waals surface area contributed by atoms with Gasteiger partial charge in [-0.05, 0) is 38.3 Å². The molecule has 1 aromatic carbocycles. The second-order valence-electron chi connectivity index (χ2n) is 6.53. The number of rotatable bonds is 3. The van der Waals surface area contributed by atoms with E-state index in [2.05, 4.69) is 30.4 Å². The van der Waals surface area contributed by atoms with E-state index in [1.54, 1.807) is 13.2 Å². The number of aryl methyl sites for hydroxylation is 2. The summed E-state index contributed by atoms with van der Waals surface area (Å²) in [5, 5.41) is 11.5. The number of aromatic nitrogens is 5. The maximum absolute atomic E-state index is 12.7. The van der Waals surface area contributed by atoms with E-state index in [-0.39, 0.29) is 5.91 Å². The van der Waals surface area contributed by atoms with Crippen molar-refractivity contribution in [2.75, 3.05) is 23.3 Å². The third-order valence-corrected chi connectivity index (χ3v) is 4.61. The predicted molar refractivity (Wildman–Crippen MR) is 99.3 cm³/mol. The van der Waals surface area contributed by atoms with Crippen LogP contribution in [0.5, 0.6) is 0 Å². The van der Waals surface area contributed by atoms with Gasteiger partial charge < -0.3 is 10.2 Å². The first-order valence-electron chi connectivity index (χ1n) is 8.82. The zero-order chi connectivity index (χ0) is 18.1. The molecule has 134 valence electrons. The fourth-order valence-corrected chi connectivity index (χ4v) is 3.25. The summed E-state index contributed by atoms with van der Waals surface area (Å²) in [5.74, 6) is 0.459. The van der Waals surface area contributed by atoms with Gasteiger partial charge in [0.1, 0.15) is 11.0 Å². The lowest BCUT2D eigenvalue weighted by atomic mass is 10.1. The Morgan fingerprint density at radius 3 is 2.73 bits per heavy atom. The van der Waals surface area contributed by atoms with Crippen molar-refractivity contribution < 1.29 is 4.79 Å². The summed E-state index contributed by atoms with van der Waals surface area (Å²) in [4.78, 5) is 25.3. The summed E-state index contributed by atoms with van der Waals surface area (Å²) in [6.45, 7) is 3.78. The molecule has 1 amide bonds. The van der Waals surface area contributed by atoms with Crippen LogP contribution >= 0.6 is 0 Å². The molecule has 0 unspecified atom stereocenters. The van der Waals surface area contributed by atoms with Crippen molar-refractivity contribution >= 4 is 28.6 Å². The lowest BCUT2D eigenvalue weighted by molar-refractivity contribution is 0.102. The molecule has 26 heavy (non-hydrogen) atoms. The second-order valence-corrected chi connectivity index (χ2v) is 6.53. The number of carbonyl (C=O) groups is 1. The summed E-state index contributed by atoms with van der Waals surface area (Å²) >= 11 is 0. The van der Waals surface area contributed by atoms with Crippen LogP contribution in [0.4, 0.5) is 11.6 Å². The molecule has 3 aromatic rings. The molecule has 0 saturated carbocycles. The van der Waals surface area contributed by atoms with E-state index in [9.17, 15) is 4.79 Å². The molecular formula is C18H21N7O. The van der Waals surface area contributed by atoms with E-state index < -0.39 is 0 Å². The number of piperidine rings is 1. The fourth-order valence-electron chi connectivity index (χ4n) is 3.25. The molecule has 8 nitrogen and oxygen atoms in total. The first-order valence-corrected chi connectivity index (χ1v) is 8.82. The van der Waals surface area contributed by atoms with Gasteiger partial charge in [0.2, 0.25) is 5.95 Å². The number of benzene rings is 1. The zero-order valence-corrected chi connectivity index (χ0v) is 14.9. The number of anilines is 2. The number of carbonyl (C=O) groups excluding carboxylic acids is 1. The van der Waals surface area contributed by atoms with E-state index in [0.717, 1.165) is 31.4 Å². The molecule has 4 rings (SSSR count). The van der Waals surface area contributed by atoms with Crippen LogP contribution < -0.4 is 10.2 Å². The lowest BCUT2D eigenvalue weighted by Gasteiger charge is -2.26. The van der Waals surface area contributed by atoms with Crippen LogP contribution in [0.1, 0.15) is 35.3 Å². The number of amides is 1. The maximum Gasteiger partial charge on any atom is 0.259 e. The van der Waals surface area contributed by atoms with E-state index in [1.165, 1.54) is 11.2 Å². The van der Waals surface area contributed by atoms with E-state index >= 15 is 0 Å². The molecule has 1 saturated heterocycles. The Morgan fingerprint density at radius 1 is 1.15 bits per heavy atom. The minimum atomic E-state index is -0.245. The summed E-state index contributed by atoms with van der Waals surface area (Å²) in [7, 11) is 1.75. The fraction of sp³-hybridized carbons (Fsp3) is 0.389. The summed E-state index contributed by atoms with van der Waals surface area (Å²) in [5.41, 5.74) is 3.15. The van der Waals surface area contributed by atoms with Gasteiger partial charge in [-0.25, -0.2) is 9.97 Å². The number of hydrogen-bond donors (Lipinski definition) is 1. The minimum absolute atomic E-state index is 0.245. The van der Waals surface area contributed by atoms with Crippen molar-refractivity contribution in [3.05, 3.63) is 35.7 Å². The first kappa shape index (κ1) is 16.4. The molecule has 1 aliphatic heterocycles. The molecule has 8 heteroatoms. The van der Waals surface area contributed by atoms with Crippen molar-refractivity contribution in [2.45, 2.75) is 26.2 Å². The second kappa shape index (κ2) is 6.70. The van der Waals surface area contributed by atoms with Crippen LogP contribution in [0.2, 0.25) is 0 Å². The summed E-state index contributed by atoms with van der Waals surface area (Å²) in [6.07, 6.45) is 5.18. The number of nitrogens with one attached hydrogen (secondary N) is 1. The minimum Gasteiger partial charge on any atom is -0.341 e. The van der Waals surface area contributed by atoms with Gasteiger partial charge in [-0.15, -0.1) is 0 Å². The topological polar surface area (TPSA) is 88.8 Å². The molecular weight excluding hydrogens is 330 g/mol. The van der Waals surface area contributed by atoms with Gasteiger partial charge in [-0.2, -0.15) is 15.0 Å². The molecule has 0 bridgehead atoms. The lowest BCUT2D eigenvalue weighted by Crippen LogP contribution is -2.31. The van der Waals surface area contributed by atoms with Crippen LogP contribution in [0.15, 0.2) is 24.4 Å². The van der Waals surface area contributed by atoms with E-state index in [4.69, 9.17) is 0 Å². The van der Waals surface area contributed by atoms with Gasteiger partial charge in [-0.3, -0.25) is 4.79 Å². The molecule has 0 aliphatic carbocycles. The molecule has 1 fully saturated rings. The predicted octanol–water partition coefficient (Wildman–Crippen LogP) is 2.31. The Hall–Kier alpha value is -3.03. The standard InChI is InChI=1S/C18H21N7O/c1-12-13(11-19-18(20-12)25-9-4-3-5-10-25)17(26)21-14-7-6-8-15-16(14)23-24(2)22-15/h6-8,11H,3-5,9-10H2,1-2H3,(H,21,26). The van der Waals surface area contributed by atoms with Crippen molar-refractivity contribution in [2.24, 2.45) is 7.05 Å². The molecule has 1 N–H and O–H groups in total. The molecule has 0 radical (unpaired) electrons. The van der Waals surface area contributed by atoms with Crippen LogP contribution in [0, 0.1) is 6.92 Å². The number of nitrogens with zero attached hydrogens (tertiary/aromatic N) is 6. The third kappa shape index (κ3) is 3.10. The van der Waals surface area contributed by atoms with Crippen molar-refractivity contribution in [1.82, 2.24) is 25.0 Å². The average Bonchev–Trinajstić information content (AvgIpc) is 3.03. The first-order chi connectivity index (χ1) is 12.6. The van der Waals surface area contributed by atoms with Gasteiger partial charge in [0.25, 0.3) is 5.91 Å². The average molecular weight is 351 g/mol. The smallest absolute Gasteiger partial charge is 0.259 e. The van der Waals surface area contributed by atoms with Crippen molar-refractivity contribution in [3.8, 4) is 0 Å². The van der Waals surface area contributed by atoms with Crippen LogP contribution in [0.25, 0.3) is 11.0 Å². The van der Waals surface area contributed by atoms with Crippen molar-refractivity contribution in [1.29, 1.82) is 0 Å². The van der Waals surface area contributed by atoms with Gasteiger partial charge >= 0.3 is 0 Å². The quantitative estimate of drug-likeness (QED) is 0.779. The van der Waals surface area contributed by atoms with Crippen LogP contribution in [-0.4, -0.2) is 44.0 Å². The normalized spacial score (nSPS) is 14.6. The zero-order valence-electron chi connectivity index (χ0n) is 14.9. The van der Waals surface area contributed by atoms with Crippen LogP contribution in [0.3, 0.4) is 0 Å². The Bertz CT molecular complexity index is 959. The highest BCUT2D eigenvalue weighted by atomic mass is 16.1. The van der Waals surface area contributed by atoms with E-state index in [1.807, 2.05) is 25.1 Å². The Labute approximate surface area is 151 Å². The monoisotopic (exact) mass is 351 g/mol. The Kier molecular flexibility index (Phi) is 4.24. The molecule has 0 atom stereocenters. The maximum atomic E-state index is 12.7. The van der Waals surface area contributed by atoms with Crippen LogP contribution in [-0.2, 0) is 7.05 Å². The Balaban J connectivity index is 1.57. The molecule has 1 aliphatic rings. The molecule has 3 heterocycles. The highest BCUT2D eigenvalue weighted by Crippen LogP contribution is 2.21. The summed E-state index contributed by atoms with van der Waals surface area (Å²) in [6, 6.07) is 5.52. The highest BCUT2D eigenvalue weighted by molar-refractivity contribution is 6.08. The number of hydrogen-bond acceptors (Lipinski definition) is 6. The Morgan fingerprint density at radius 2 is 1.96 bits per heavy atom. The van der Waals surface area contributed by atoms with Crippen molar-refractivity contribution in [3.63, 3.8) is 0 Å². The van der Waals surface area contributed by atoms with E-state index in [0.29, 0.717) is 28.4 Å². The molecule has 2 aromatic heterocycles. The SMILES string of the molecule is Cc1nc(N2CCCCC2)ncc1C(=O)Nc1cccc2nn(C)nc12. The summed E-state index contributed by atoms with van der Waals surface area (Å²) < 4.78 is 0. The van der Waals surface area contributed by atoms with Gasteiger partial charge in [-0.1, -0.05) is 6.07 Å². The van der Waals surface area contributed by atoms with Gasteiger partial charge in [0.15, 0.2) is 0 Å².